The Morgan fingerprint density at radius 1 is 1.47 bits per heavy atom. The van der Waals surface area contributed by atoms with Gasteiger partial charge in [-0.05, 0) is 52.2 Å². The first kappa shape index (κ1) is 13.8. The number of aryl methyl sites for hydroxylation is 1. The van der Waals surface area contributed by atoms with E-state index in [9.17, 15) is 4.79 Å². The van der Waals surface area contributed by atoms with Gasteiger partial charge < -0.3 is 10.2 Å². The molecule has 104 valence electrons. The molecule has 1 aromatic rings. The number of piperidine rings is 1. The van der Waals surface area contributed by atoms with E-state index in [1.807, 2.05) is 30.9 Å². The lowest BCUT2D eigenvalue weighted by atomic mass is 10.0. The molecular weight excluding hydrogens is 238 g/mol. The van der Waals surface area contributed by atoms with Crippen molar-refractivity contribution in [2.45, 2.75) is 46.1 Å². The van der Waals surface area contributed by atoms with Gasteiger partial charge in [-0.15, -0.1) is 0 Å². The van der Waals surface area contributed by atoms with Crippen LogP contribution in [0.4, 0.5) is 5.82 Å². The monoisotopic (exact) mass is 261 g/mol. The Balaban J connectivity index is 2.22. The number of pyridine rings is 1. The van der Waals surface area contributed by atoms with E-state index < -0.39 is 0 Å². The lowest BCUT2D eigenvalue weighted by molar-refractivity contribution is 0.0635. The van der Waals surface area contributed by atoms with Crippen LogP contribution >= 0.6 is 0 Å². The summed E-state index contributed by atoms with van der Waals surface area (Å²) < 4.78 is 0. The normalized spacial score (nSPS) is 19.3. The summed E-state index contributed by atoms with van der Waals surface area (Å²) in [5.74, 6) is 0.923. The van der Waals surface area contributed by atoms with Crippen LogP contribution < -0.4 is 5.32 Å². The standard InChI is InChI=1S/C15H23N3O/c1-4-16-14-10-13(9-11(2)17-14)15(19)18-8-6-5-7-12(18)3/h9-10,12H,4-8H2,1-3H3,(H,16,17). The number of hydrogen-bond donors (Lipinski definition) is 1. The molecule has 1 aliphatic rings. The van der Waals surface area contributed by atoms with Crippen LogP contribution in [0.25, 0.3) is 0 Å². The molecule has 1 fully saturated rings. The van der Waals surface area contributed by atoms with Gasteiger partial charge in [0.15, 0.2) is 0 Å². The van der Waals surface area contributed by atoms with E-state index >= 15 is 0 Å². The van der Waals surface area contributed by atoms with Crippen molar-refractivity contribution in [1.29, 1.82) is 0 Å². The van der Waals surface area contributed by atoms with Crippen LogP contribution in [-0.4, -0.2) is 34.9 Å². The maximum absolute atomic E-state index is 12.6. The van der Waals surface area contributed by atoms with Crippen molar-refractivity contribution in [2.75, 3.05) is 18.4 Å². The van der Waals surface area contributed by atoms with Crippen molar-refractivity contribution in [1.82, 2.24) is 9.88 Å². The first-order valence-corrected chi connectivity index (χ1v) is 7.15. The van der Waals surface area contributed by atoms with E-state index in [2.05, 4.69) is 17.2 Å². The van der Waals surface area contributed by atoms with E-state index in [0.717, 1.165) is 43.0 Å². The third-order valence-electron chi connectivity index (χ3n) is 3.62. The number of nitrogens with one attached hydrogen (secondary N) is 1. The summed E-state index contributed by atoms with van der Waals surface area (Å²) in [6, 6.07) is 4.09. The van der Waals surface area contributed by atoms with Gasteiger partial charge in [0.25, 0.3) is 5.91 Å². The van der Waals surface area contributed by atoms with Crippen molar-refractivity contribution in [2.24, 2.45) is 0 Å². The van der Waals surface area contributed by atoms with Gasteiger partial charge in [0.1, 0.15) is 5.82 Å². The first-order chi connectivity index (χ1) is 9.11. The molecule has 0 spiro atoms. The van der Waals surface area contributed by atoms with Gasteiger partial charge in [0, 0.05) is 30.4 Å². The van der Waals surface area contributed by atoms with E-state index in [4.69, 9.17) is 0 Å². The molecule has 1 atom stereocenters. The second-order valence-electron chi connectivity index (χ2n) is 5.26. The van der Waals surface area contributed by atoms with Crippen molar-refractivity contribution in [3.05, 3.63) is 23.4 Å². The van der Waals surface area contributed by atoms with Gasteiger partial charge in [-0.2, -0.15) is 0 Å². The molecule has 1 unspecified atom stereocenters. The fourth-order valence-corrected chi connectivity index (χ4v) is 2.63. The number of anilines is 1. The summed E-state index contributed by atoms with van der Waals surface area (Å²) >= 11 is 0. The molecule has 1 aromatic heterocycles. The largest absolute Gasteiger partial charge is 0.370 e. The zero-order chi connectivity index (χ0) is 13.8. The molecule has 1 amide bonds. The zero-order valence-corrected chi connectivity index (χ0v) is 12.1. The van der Waals surface area contributed by atoms with E-state index in [1.54, 1.807) is 0 Å². The van der Waals surface area contributed by atoms with E-state index in [1.165, 1.54) is 6.42 Å². The van der Waals surface area contributed by atoms with Crippen LogP contribution in [0, 0.1) is 6.92 Å². The Morgan fingerprint density at radius 2 is 2.26 bits per heavy atom. The number of amides is 1. The Morgan fingerprint density at radius 3 is 2.95 bits per heavy atom. The van der Waals surface area contributed by atoms with Crippen LogP contribution in [0.15, 0.2) is 12.1 Å². The molecule has 4 heteroatoms. The van der Waals surface area contributed by atoms with Crippen LogP contribution in [0.1, 0.15) is 49.2 Å². The lowest BCUT2D eigenvalue weighted by Crippen LogP contribution is -2.42. The van der Waals surface area contributed by atoms with Crippen LogP contribution in [0.2, 0.25) is 0 Å². The maximum Gasteiger partial charge on any atom is 0.254 e. The molecule has 0 aliphatic carbocycles. The van der Waals surface area contributed by atoms with E-state index in [-0.39, 0.29) is 5.91 Å². The highest BCUT2D eigenvalue weighted by molar-refractivity contribution is 5.95. The molecule has 4 nitrogen and oxygen atoms in total. The summed E-state index contributed by atoms with van der Waals surface area (Å²) in [6.45, 7) is 7.77. The molecule has 1 saturated heterocycles. The van der Waals surface area contributed by atoms with Gasteiger partial charge in [-0.1, -0.05) is 0 Å². The molecule has 0 saturated carbocycles. The quantitative estimate of drug-likeness (QED) is 0.910. The molecular formula is C15H23N3O. The third-order valence-corrected chi connectivity index (χ3v) is 3.62. The smallest absolute Gasteiger partial charge is 0.254 e. The molecule has 19 heavy (non-hydrogen) atoms. The molecule has 0 bridgehead atoms. The van der Waals surface area contributed by atoms with Crippen LogP contribution in [-0.2, 0) is 0 Å². The second kappa shape index (κ2) is 6.04. The van der Waals surface area contributed by atoms with Gasteiger partial charge in [-0.25, -0.2) is 4.98 Å². The van der Waals surface area contributed by atoms with Gasteiger partial charge in [0.05, 0.1) is 0 Å². The van der Waals surface area contributed by atoms with Gasteiger partial charge in [-0.3, -0.25) is 4.79 Å². The number of likely N-dealkylation sites (tertiary alicyclic amines) is 1. The van der Waals surface area contributed by atoms with Crippen molar-refractivity contribution in [3.63, 3.8) is 0 Å². The highest BCUT2D eigenvalue weighted by Crippen LogP contribution is 2.20. The molecule has 0 radical (unpaired) electrons. The minimum atomic E-state index is 0.136. The number of carbonyl (C=O) groups excluding carboxylic acids is 1. The average molecular weight is 261 g/mol. The Kier molecular flexibility index (Phi) is 4.40. The minimum Gasteiger partial charge on any atom is -0.370 e. The predicted molar refractivity (Wildman–Crippen MR) is 77.5 cm³/mol. The second-order valence-corrected chi connectivity index (χ2v) is 5.26. The summed E-state index contributed by atoms with van der Waals surface area (Å²) in [5.41, 5.74) is 1.63. The Hall–Kier alpha value is -1.58. The molecule has 0 aromatic carbocycles. The fourth-order valence-electron chi connectivity index (χ4n) is 2.63. The molecule has 2 rings (SSSR count). The number of hydrogen-bond acceptors (Lipinski definition) is 3. The summed E-state index contributed by atoms with van der Waals surface area (Å²) in [7, 11) is 0. The van der Waals surface area contributed by atoms with Crippen LogP contribution in [0.3, 0.4) is 0 Å². The predicted octanol–water partition coefficient (Wildman–Crippen LogP) is 2.84. The molecule has 1 N–H and O–H groups in total. The van der Waals surface area contributed by atoms with Gasteiger partial charge >= 0.3 is 0 Å². The van der Waals surface area contributed by atoms with E-state index in [0.29, 0.717) is 6.04 Å². The summed E-state index contributed by atoms with van der Waals surface area (Å²) in [6.07, 6.45) is 3.44. The Bertz CT molecular complexity index is 459. The number of nitrogens with zero attached hydrogens (tertiary/aromatic N) is 2. The number of carbonyl (C=O) groups is 1. The topological polar surface area (TPSA) is 45.2 Å². The summed E-state index contributed by atoms with van der Waals surface area (Å²) in [5, 5.41) is 3.18. The molecule has 2 heterocycles. The zero-order valence-electron chi connectivity index (χ0n) is 12.1. The van der Waals surface area contributed by atoms with Crippen molar-refractivity contribution < 1.29 is 4.79 Å². The minimum absolute atomic E-state index is 0.136. The van der Waals surface area contributed by atoms with Crippen LogP contribution in [0.5, 0.6) is 0 Å². The van der Waals surface area contributed by atoms with Crippen molar-refractivity contribution in [3.8, 4) is 0 Å². The highest BCUT2D eigenvalue weighted by Gasteiger charge is 2.24. The SMILES string of the molecule is CCNc1cc(C(=O)N2CCCCC2C)cc(C)n1. The summed E-state index contributed by atoms with van der Waals surface area (Å²) in [4.78, 5) is 19.0. The average Bonchev–Trinajstić information content (AvgIpc) is 2.38. The molecule has 1 aliphatic heterocycles. The lowest BCUT2D eigenvalue weighted by Gasteiger charge is -2.33. The Labute approximate surface area is 115 Å². The highest BCUT2D eigenvalue weighted by atomic mass is 16.2. The third kappa shape index (κ3) is 3.25. The number of rotatable bonds is 3. The maximum atomic E-state index is 12.6. The number of aromatic nitrogens is 1. The fraction of sp³-hybridized carbons (Fsp3) is 0.600. The van der Waals surface area contributed by atoms with Gasteiger partial charge in [0.2, 0.25) is 0 Å². The first-order valence-electron chi connectivity index (χ1n) is 7.15. The van der Waals surface area contributed by atoms with Crippen molar-refractivity contribution >= 4 is 11.7 Å².